The van der Waals surface area contributed by atoms with Crippen molar-refractivity contribution in [3.05, 3.63) is 40.9 Å². The molecule has 3 N–H and O–H groups in total. The fourth-order valence-electron chi connectivity index (χ4n) is 1.60. The van der Waals surface area contributed by atoms with Crippen LogP contribution in [0.5, 0.6) is 5.75 Å². The third-order valence-corrected chi connectivity index (χ3v) is 3.23. The number of nitrogen functional groups attached to an aromatic ring is 1. The first kappa shape index (κ1) is 15.0. The highest BCUT2D eigenvalue weighted by Crippen LogP contribution is 2.11. The molecule has 1 heterocycles. The summed E-state index contributed by atoms with van der Waals surface area (Å²) in [4.78, 5) is 15.6. The zero-order chi connectivity index (χ0) is 15.1. The highest BCUT2D eigenvalue weighted by atomic mass is 32.1. The van der Waals surface area contributed by atoms with Crippen molar-refractivity contribution in [1.29, 1.82) is 0 Å². The number of hydrogen-bond acceptors (Lipinski definition) is 6. The molecule has 110 valence electrons. The number of ether oxygens (including phenoxy) is 1. The minimum Gasteiger partial charge on any atom is -0.494 e. The van der Waals surface area contributed by atoms with E-state index in [0.29, 0.717) is 17.4 Å². The number of benzene rings is 1. The molecule has 1 amide bonds. The molecule has 0 spiro atoms. The van der Waals surface area contributed by atoms with Crippen LogP contribution >= 0.6 is 11.3 Å². The Labute approximate surface area is 126 Å². The lowest BCUT2D eigenvalue weighted by Crippen LogP contribution is -2.19. The number of aromatic nitrogens is 1. The van der Waals surface area contributed by atoms with Gasteiger partial charge in [0.2, 0.25) is 5.91 Å². The molecule has 21 heavy (non-hydrogen) atoms. The molecular formula is C14H16N4O2S. The van der Waals surface area contributed by atoms with E-state index in [2.05, 4.69) is 15.5 Å². The molecule has 0 saturated carbocycles. The molecule has 0 radical (unpaired) electrons. The molecule has 1 aromatic heterocycles. The van der Waals surface area contributed by atoms with Crippen molar-refractivity contribution in [2.45, 2.75) is 13.3 Å². The van der Waals surface area contributed by atoms with Gasteiger partial charge in [-0.25, -0.2) is 10.4 Å². The van der Waals surface area contributed by atoms with Gasteiger partial charge in [-0.15, -0.1) is 11.3 Å². The number of thiazole rings is 1. The van der Waals surface area contributed by atoms with E-state index in [1.807, 2.05) is 31.2 Å². The number of nitrogens with zero attached hydrogens (tertiary/aromatic N) is 2. The molecule has 2 aromatic rings. The van der Waals surface area contributed by atoms with Gasteiger partial charge >= 0.3 is 0 Å². The summed E-state index contributed by atoms with van der Waals surface area (Å²) in [5.74, 6) is 0.572. The van der Waals surface area contributed by atoms with E-state index in [0.717, 1.165) is 11.3 Å². The average Bonchev–Trinajstić information content (AvgIpc) is 2.86. The van der Waals surface area contributed by atoms with Gasteiger partial charge in [0.15, 0.2) is 5.13 Å². The number of amides is 1. The number of carbonyl (C=O) groups excluding carboxylic acids is 1. The van der Waals surface area contributed by atoms with E-state index in [9.17, 15) is 4.79 Å². The lowest BCUT2D eigenvalue weighted by molar-refractivity contribution is -0.120. The van der Waals surface area contributed by atoms with Crippen LogP contribution in [-0.4, -0.2) is 23.7 Å². The maximum absolute atomic E-state index is 11.6. The molecule has 0 aliphatic rings. The number of rotatable bonds is 6. The minimum absolute atomic E-state index is 0.161. The van der Waals surface area contributed by atoms with E-state index < -0.39 is 0 Å². The lowest BCUT2D eigenvalue weighted by Gasteiger charge is -2.02. The number of anilines is 1. The van der Waals surface area contributed by atoms with Crippen molar-refractivity contribution in [2.75, 3.05) is 12.3 Å². The molecule has 1 aromatic carbocycles. The monoisotopic (exact) mass is 304 g/mol. The number of nitrogens with two attached hydrogens (primary N) is 1. The molecule has 0 saturated heterocycles. The standard InChI is InChI=1S/C14H16N4O2S/c1-2-20-12-5-3-10(4-6-12)8-16-18-13(19)7-11-9-21-14(15)17-11/h3-6,8-9H,2,7H2,1H3,(H2,15,17)(H,18,19)/b16-8+. The first-order valence-electron chi connectivity index (χ1n) is 6.42. The van der Waals surface area contributed by atoms with Crippen molar-refractivity contribution in [3.8, 4) is 5.75 Å². The molecule has 0 aliphatic heterocycles. The summed E-state index contributed by atoms with van der Waals surface area (Å²) < 4.78 is 5.34. The Balaban J connectivity index is 1.82. The van der Waals surface area contributed by atoms with Crippen LogP contribution in [0.15, 0.2) is 34.7 Å². The van der Waals surface area contributed by atoms with Gasteiger partial charge in [-0.2, -0.15) is 5.10 Å². The Hall–Kier alpha value is -2.41. The van der Waals surface area contributed by atoms with Crippen molar-refractivity contribution in [3.63, 3.8) is 0 Å². The smallest absolute Gasteiger partial charge is 0.246 e. The molecule has 0 aliphatic carbocycles. The first-order valence-corrected chi connectivity index (χ1v) is 7.30. The van der Waals surface area contributed by atoms with E-state index in [1.54, 1.807) is 11.6 Å². The van der Waals surface area contributed by atoms with Gasteiger partial charge in [-0.05, 0) is 36.8 Å². The predicted octanol–water partition coefficient (Wildman–Crippen LogP) is 1.82. The van der Waals surface area contributed by atoms with Gasteiger partial charge in [0.05, 0.1) is 24.9 Å². The van der Waals surface area contributed by atoms with Crippen molar-refractivity contribution < 1.29 is 9.53 Å². The Morgan fingerprint density at radius 1 is 1.48 bits per heavy atom. The third kappa shape index (κ3) is 4.88. The van der Waals surface area contributed by atoms with Crippen LogP contribution in [0.3, 0.4) is 0 Å². The van der Waals surface area contributed by atoms with Crippen molar-refractivity contribution in [2.24, 2.45) is 5.10 Å². The topological polar surface area (TPSA) is 89.6 Å². The second-order valence-corrected chi connectivity index (χ2v) is 5.04. The van der Waals surface area contributed by atoms with Crippen LogP contribution in [0.2, 0.25) is 0 Å². The van der Waals surface area contributed by atoms with Crippen LogP contribution in [0.4, 0.5) is 5.13 Å². The normalized spacial score (nSPS) is 10.7. The van der Waals surface area contributed by atoms with Gasteiger partial charge in [0, 0.05) is 5.38 Å². The fourth-order valence-corrected chi connectivity index (χ4v) is 2.17. The number of carbonyl (C=O) groups is 1. The van der Waals surface area contributed by atoms with Crippen LogP contribution in [-0.2, 0) is 11.2 Å². The summed E-state index contributed by atoms with van der Waals surface area (Å²) in [6.45, 7) is 2.56. The summed E-state index contributed by atoms with van der Waals surface area (Å²) in [7, 11) is 0. The first-order chi connectivity index (χ1) is 10.2. The van der Waals surface area contributed by atoms with E-state index in [1.165, 1.54) is 11.3 Å². The summed E-state index contributed by atoms with van der Waals surface area (Å²) >= 11 is 1.31. The van der Waals surface area contributed by atoms with Gasteiger partial charge < -0.3 is 10.5 Å². The maximum Gasteiger partial charge on any atom is 0.246 e. The Morgan fingerprint density at radius 3 is 2.86 bits per heavy atom. The molecule has 0 fully saturated rings. The molecular weight excluding hydrogens is 288 g/mol. The second kappa shape index (κ2) is 7.39. The van der Waals surface area contributed by atoms with Gasteiger partial charge in [-0.1, -0.05) is 0 Å². The highest BCUT2D eigenvalue weighted by Gasteiger charge is 2.05. The molecule has 6 nitrogen and oxygen atoms in total. The van der Waals surface area contributed by atoms with Crippen LogP contribution < -0.4 is 15.9 Å². The lowest BCUT2D eigenvalue weighted by atomic mass is 10.2. The number of hydrogen-bond donors (Lipinski definition) is 2. The predicted molar refractivity (Wildman–Crippen MR) is 83.6 cm³/mol. The van der Waals surface area contributed by atoms with Gasteiger partial charge in [-0.3, -0.25) is 4.79 Å². The van der Waals surface area contributed by atoms with E-state index >= 15 is 0 Å². The zero-order valence-corrected chi connectivity index (χ0v) is 12.4. The minimum atomic E-state index is -0.234. The average molecular weight is 304 g/mol. The number of nitrogens with one attached hydrogen (secondary N) is 1. The van der Waals surface area contributed by atoms with Gasteiger partial charge in [0.25, 0.3) is 0 Å². The van der Waals surface area contributed by atoms with E-state index in [-0.39, 0.29) is 12.3 Å². The fraction of sp³-hybridized carbons (Fsp3) is 0.214. The molecule has 2 rings (SSSR count). The summed E-state index contributed by atoms with van der Waals surface area (Å²) in [5, 5.41) is 6.11. The maximum atomic E-state index is 11.6. The molecule has 0 bridgehead atoms. The quantitative estimate of drug-likeness (QED) is 0.629. The molecule has 0 unspecified atom stereocenters. The van der Waals surface area contributed by atoms with Crippen LogP contribution in [0, 0.1) is 0 Å². The van der Waals surface area contributed by atoms with Crippen molar-refractivity contribution in [1.82, 2.24) is 10.4 Å². The van der Waals surface area contributed by atoms with E-state index in [4.69, 9.17) is 10.5 Å². The second-order valence-electron chi connectivity index (χ2n) is 4.15. The number of hydrazone groups is 1. The Morgan fingerprint density at radius 2 is 2.24 bits per heavy atom. The molecule has 0 atom stereocenters. The van der Waals surface area contributed by atoms with Crippen LogP contribution in [0.1, 0.15) is 18.2 Å². The third-order valence-electron chi connectivity index (χ3n) is 2.51. The summed E-state index contributed by atoms with van der Waals surface area (Å²) in [6.07, 6.45) is 1.73. The Bertz CT molecular complexity index is 622. The summed E-state index contributed by atoms with van der Waals surface area (Å²) in [6, 6.07) is 7.43. The van der Waals surface area contributed by atoms with Gasteiger partial charge in [0.1, 0.15) is 5.75 Å². The highest BCUT2D eigenvalue weighted by molar-refractivity contribution is 7.13. The van der Waals surface area contributed by atoms with Crippen molar-refractivity contribution >= 4 is 28.6 Å². The zero-order valence-electron chi connectivity index (χ0n) is 11.6. The molecule has 7 heteroatoms. The SMILES string of the molecule is CCOc1ccc(/C=N/NC(=O)Cc2csc(N)n2)cc1. The Kier molecular flexibility index (Phi) is 5.28. The largest absolute Gasteiger partial charge is 0.494 e. The van der Waals surface area contributed by atoms with Crippen LogP contribution in [0.25, 0.3) is 0 Å². The summed E-state index contributed by atoms with van der Waals surface area (Å²) in [5.41, 5.74) is 9.47.